The van der Waals surface area contributed by atoms with E-state index in [0.717, 1.165) is 0 Å². The molecule has 3 heteroatoms. The van der Waals surface area contributed by atoms with Crippen LogP contribution in [0.4, 0.5) is 0 Å². The van der Waals surface area contributed by atoms with E-state index >= 15 is 0 Å². The summed E-state index contributed by atoms with van der Waals surface area (Å²) in [5.74, 6) is 0. The molecule has 0 fully saturated rings. The predicted octanol–water partition coefficient (Wildman–Crippen LogP) is -3.66. The Kier molecular flexibility index (Phi) is 14.7. The molecule has 0 heterocycles. The average molecular weight is 82.0 g/mol. The van der Waals surface area contributed by atoms with E-state index in [2.05, 4.69) is 4.74 Å². The van der Waals surface area contributed by atoms with Gasteiger partial charge in [0.15, 0.2) is 0 Å². The van der Waals surface area contributed by atoms with E-state index in [9.17, 15) is 5.11 Å². The van der Waals surface area contributed by atoms with E-state index < -0.39 is 6.79 Å². The molecule has 0 aliphatic rings. The Morgan fingerprint density at radius 1 is 1.67 bits per heavy atom. The van der Waals surface area contributed by atoms with Gasteiger partial charge >= 0.3 is 18.9 Å². The van der Waals surface area contributed by atoms with Crippen LogP contribution in [0.25, 0.3) is 0 Å². The molecule has 0 saturated carbocycles. The van der Waals surface area contributed by atoms with E-state index in [4.69, 9.17) is 0 Å². The molecular weight excluding hydrogens is 75.0 g/mol. The molecule has 32 valence electrons. The van der Waals surface area contributed by atoms with Crippen molar-refractivity contribution in [3.8, 4) is 0 Å². The van der Waals surface area contributed by atoms with E-state index in [1.165, 1.54) is 0 Å². The topological polar surface area (TPSA) is 32.3 Å². The Hall–Kier alpha value is 0.517. The van der Waals surface area contributed by atoms with Gasteiger partial charge < -0.3 is 9.84 Å². The minimum absolute atomic E-state index is 0. The van der Waals surface area contributed by atoms with Crippen LogP contribution < -0.4 is 24.0 Å². The summed E-state index contributed by atoms with van der Waals surface area (Å²) < 4.78 is 4.28. The Balaban J connectivity index is 0. The van der Waals surface area contributed by atoms with Crippen molar-refractivity contribution in [1.82, 2.24) is 0 Å². The first-order chi connectivity index (χ1) is 2.41. The molecule has 0 amide bonds. The molecule has 0 aliphatic heterocycles. The fourth-order valence-corrected chi connectivity index (χ4v) is 0.0833. The first-order valence-corrected chi connectivity index (χ1v) is 1.57. The molecule has 0 bridgehead atoms. The Morgan fingerprint density at radius 3 is 2.17 bits per heavy atom. The second kappa shape index (κ2) is 9.10. The van der Waals surface area contributed by atoms with Crippen LogP contribution >= 0.6 is 0 Å². The summed E-state index contributed by atoms with van der Waals surface area (Å²) in [4.78, 5) is 0. The van der Waals surface area contributed by atoms with Crippen LogP contribution in [0.1, 0.15) is 6.92 Å². The largest absolute Gasteiger partial charge is 1.00 e. The number of ether oxygens (including phenoxy) is 1. The monoisotopic (exact) mass is 82.1 g/mol. The Morgan fingerprint density at radius 2 is 2.17 bits per heavy atom. The third kappa shape index (κ3) is 8.82. The van der Waals surface area contributed by atoms with E-state index in [1.807, 2.05) is 0 Å². The van der Waals surface area contributed by atoms with Gasteiger partial charge in [-0.05, 0) is 13.7 Å². The fraction of sp³-hybridized carbons (Fsp3) is 1.00. The van der Waals surface area contributed by atoms with Gasteiger partial charge in [0.25, 0.3) is 0 Å². The summed E-state index contributed by atoms with van der Waals surface area (Å²) in [6.45, 7) is 1.91. The molecule has 0 N–H and O–H groups in total. The summed E-state index contributed by atoms with van der Waals surface area (Å²) in [6, 6.07) is 0. The van der Waals surface area contributed by atoms with Gasteiger partial charge in [-0.1, -0.05) is 0 Å². The first kappa shape index (κ1) is 9.72. The minimum Gasteiger partial charge on any atom is -0.834 e. The zero-order valence-electron chi connectivity index (χ0n) is 4.23. The standard InChI is InChI=1S/C3H7O2.Li/c1-2-5-3-4;/h2-3H2,1H3;/q-1;+1. The van der Waals surface area contributed by atoms with Gasteiger partial charge in [0.1, 0.15) is 0 Å². The maximum Gasteiger partial charge on any atom is 1.00 e. The molecule has 0 spiro atoms. The second-order valence-electron chi connectivity index (χ2n) is 0.611. The van der Waals surface area contributed by atoms with Crippen molar-refractivity contribution in [3.05, 3.63) is 0 Å². The zero-order chi connectivity index (χ0) is 4.12. The summed E-state index contributed by atoms with van der Waals surface area (Å²) in [5.41, 5.74) is 0. The molecule has 6 heavy (non-hydrogen) atoms. The minimum atomic E-state index is -0.406. The maximum atomic E-state index is 9.31. The Labute approximate surface area is 49.7 Å². The SMILES string of the molecule is CCOC[O-].[Li+]. The molecular formula is C3H7LiO2. The molecule has 0 unspecified atom stereocenters. The van der Waals surface area contributed by atoms with Crippen LogP contribution in [-0.2, 0) is 4.74 Å². The van der Waals surface area contributed by atoms with Crippen molar-refractivity contribution >= 4 is 0 Å². The van der Waals surface area contributed by atoms with Crippen molar-refractivity contribution in [2.24, 2.45) is 0 Å². The van der Waals surface area contributed by atoms with Gasteiger partial charge in [0.2, 0.25) is 0 Å². The molecule has 0 aliphatic carbocycles. The van der Waals surface area contributed by atoms with E-state index in [-0.39, 0.29) is 18.9 Å². The molecule has 2 nitrogen and oxygen atoms in total. The van der Waals surface area contributed by atoms with Gasteiger partial charge in [0, 0.05) is 6.61 Å². The van der Waals surface area contributed by atoms with Crippen molar-refractivity contribution in [2.75, 3.05) is 13.4 Å². The fourth-order valence-electron chi connectivity index (χ4n) is 0.0833. The van der Waals surface area contributed by atoms with Crippen LogP contribution in [0, 0.1) is 0 Å². The number of hydrogen-bond acceptors (Lipinski definition) is 2. The van der Waals surface area contributed by atoms with Gasteiger partial charge in [-0.3, -0.25) is 0 Å². The molecule has 0 saturated heterocycles. The van der Waals surface area contributed by atoms with Crippen LogP contribution in [0.5, 0.6) is 0 Å². The molecule has 0 atom stereocenters. The maximum absolute atomic E-state index is 9.31. The van der Waals surface area contributed by atoms with Crippen molar-refractivity contribution in [3.63, 3.8) is 0 Å². The summed E-state index contributed by atoms with van der Waals surface area (Å²) >= 11 is 0. The van der Waals surface area contributed by atoms with Gasteiger partial charge in [-0.15, -0.1) is 0 Å². The molecule has 0 rings (SSSR count). The summed E-state index contributed by atoms with van der Waals surface area (Å²) in [6.07, 6.45) is 0. The Bertz CT molecular complexity index is 16.3. The van der Waals surface area contributed by atoms with Gasteiger partial charge in [-0.2, -0.15) is 0 Å². The van der Waals surface area contributed by atoms with Crippen LogP contribution in [0.3, 0.4) is 0 Å². The van der Waals surface area contributed by atoms with E-state index in [0.29, 0.717) is 6.61 Å². The number of rotatable bonds is 2. The number of hydrogen-bond donors (Lipinski definition) is 0. The van der Waals surface area contributed by atoms with Crippen molar-refractivity contribution in [1.29, 1.82) is 0 Å². The van der Waals surface area contributed by atoms with Crippen LogP contribution in [0.15, 0.2) is 0 Å². The quantitative estimate of drug-likeness (QED) is 0.254. The van der Waals surface area contributed by atoms with Crippen LogP contribution in [-0.4, -0.2) is 13.4 Å². The predicted molar refractivity (Wildman–Crippen MR) is 16.5 cm³/mol. The van der Waals surface area contributed by atoms with Gasteiger partial charge in [0.05, 0.1) is 0 Å². The zero-order valence-corrected chi connectivity index (χ0v) is 4.23. The van der Waals surface area contributed by atoms with Crippen LogP contribution in [0.2, 0.25) is 0 Å². The van der Waals surface area contributed by atoms with Crippen molar-refractivity contribution < 1.29 is 28.7 Å². The first-order valence-electron chi connectivity index (χ1n) is 1.57. The molecule has 0 radical (unpaired) electrons. The van der Waals surface area contributed by atoms with Crippen molar-refractivity contribution in [2.45, 2.75) is 6.92 Å². The third-order valence-corrected chi connectivity index (χ3v) is 0.287. The molecule has 0 aromatic rings. The van der Waals surface area contributed by atoms with E-state index in [1.54, 1.807) is 6.92 Å². The third-order valence-electron chi connectivity index (χ3n) is 0.287. The summed E-state index contributed by atoms with van der Waals surface area (Å²) in [5, 5.41) is 9.31. The molecule has 0 aromatic carbocycles. The average Bonchev–Trinajstić information content (AvgIpc) is 1.41. The molecule has 0 aromatic heterocycles. The van der Waals surface area contributed by atoms with Gasteiger partial charge in [-0.25, -0.2) is 0 Å². The normalized spacial score (nSPS) is 7.00. The second-order valence-corrected chi connectivity index (χ2v) is 0.611. The smallest absolute Gasteiger partial charge is 0.834 e. The summed E-state index contributed by atoms with van der Waals surface area (Å²) in [7, 11) is 0.